The first-order valence-electron chi connectivity index (χ1n) is 7.29. The molecule has 2 heterocycles. The summed E-state index contributed by atoms with van der Waals surface area (Å²) in [7, 11) is 0. The molecule has 1 amide bonds. The second kappa shape index (κ2) is 5.56. The van der Waals surface area contributed by atoms with E-state index in [4.69, 9.17) is 4.52 Å². The van der Waals surface area contributed by atoms with Gasteiger partial charge in [-0.3, -0.25) is 4.79 Å². The van der Waals surface area contributed by atoms with Crippen molar-refractivity contribution in [1.82, 2.24) is 10.1 Å². The molecule has 2 rings (SSSR count). The third-order valence-corrected chi connectivity index (χ3v) is 3.98. The molecule has 1 aromatic rings. The van der Waals surface area contributed by atoms with Crippen molar-refractivity contribution in [3.63, 3.8) is 0 Å². The lowest BCUT2D eigenvalue weighted by Gasteiger charge is -2.22. The topological polar surface area (TPSA) is 66.6 Å². The number of aliphatic hydroxyl groups is 1. The van der Waals surface area contributed by atoms with E-state index in [9.17, 15) is 9.90 Å². The predicted molar refractivity (Wildman–Crippen MR) is 75.7 cm³/mol. The van der Waals surface area contributed by atoms with Gasteiger partial charge in [-0.1, -0.05) is 19.0 Å². The molecule has 112 valence electrons. The van der Waals surface area contributed by atoms with Crippen LogP contribution in [0.4, 0.5) is 0 Å². The highest BCUT2D eigenvalue weighted by Gasteiger charge is 2.31. The van der Waals surface area contributed by atoms with Gasteiger partial charge in [0.05, 0.1) is 11.3 Å². The van der Waals surface area contributed by atoms with E-state index in [1.165, 1.54) is 0 Å². The Hall–Kier alpha value is -1.36. The molecule has 0 aliphatic carbocycles. The summed E-state index contributed by atoms with van der Waals surface area (Å²) in [6.45, 7) is 8.88. The van der Waals surface area contributed by atoms with E-state index in [0.717, 1.165) is 12.8 Å². The quantitative estimate of drug-likeness (QED) is 0.903. The van der Waals surface area contributed by atoms with Crippen LogP contribution in [0.15, 0.2) is 4.52 Å². The second-order valence-corrected chi connectivity index (χ2v) is 6.30. The van der Waals surface area contributed by atoms with Crippen LogP contribution in [0.2, 0.25) is 0 Å². The molecular weight excluding hydrogens is 256 g/mol. The van der Waals surface area contributed by atoms with Gasteiger partial charge in [-0.25, -0.2) is 0 Å². The minimum absolute atomic E-state index is 0.0230. The van der Waals surface area contributed by atoms with Gasteiger partial charge in [0.2, 0.25) is 0 Å². The summed E-state index contributed by atoms with van der Waals surface area (Å²) in [4.78, 5) is 14.5. The SMILES string of the molecule is Cc1noc(C(C)C)c1C(=O)N1CCCC(C)(O)CC1. The van der Waals surface area contributed by atoms with Crippen molar-refractivity contribution < 1.29 is 14.4 Å². The Bertz CT molecular complexity index is 491. The highest BCUT2D eigenvalue weighted by Crippen LogP contribution is 2.26. The molecule has 0 saturated carbocycles. The third kappa shape index (κ3) is 3.03. The van der Waals surface area contributed by atoms with E-state index in [1.54, 1.807) is 6.92 Å². The minimum Gasteiger partial charge on any atom is -0.390 e. The Morgan fingerprint density at radius 1 is 1.40 bits per heavy atom. The Morgan fingerprint density at radius 2 is 2.10 bits per heavy atom. The van der Waals surface area contributed by atoms with E-state index < -0.39 is 5.60 Å². The number of carbonyl (C=O) groups excluding carboxylic acids is 1. The fourth-order valence-electron chi connectivity index (χ4n) is 2.67. The van der Waals surface area contributed by atoms with Crippen molar-refractivity contribution in [2.75, 3.05) is 13.1 Å². The van der Waals surface area contributed by atoms with Crippen molar-refractivity contribution >= 4 is 5.91 Å². The molecule has 1 aliphatic rings. The van der Waals surface area contributed by atoms with Crippen LogP contribution in [0.25, 0.3) is 0 Å². The number of hydrogen-bond acceptors (Lipinski definition) is 4. The number of aromatic nitrogens is 1. The van der Waals surface area contributed by atoms with Crippen LogP contribution >= 0.6 is 0 Å². The van der Waals surface area contributed by atoms with Crippen molar-refractivity contribution in [1.29, 1.82) is 0 Å². The normalized spacial score (nSPS) is 24.0. The molecule has 1 atom stereocenters. The smallest absolute Gasteiger partial charge is 0.259 e. The third-order valence-electron chi connectivity index (χ3n) is 3.98. The van der Waals surface area contributed by atoms with Crippen LogP contribution in [0, 0.1) is 6.92 Å². The first kappa shape index (κ1) is 15.0. The summed E-state index contributed by atoms with van der Waals surface area (Å²) in [5.41, 5.74) is 0.579. The second-order valence-electron chi connectivity index (χ2n) is 6.30. The van der Waals surface area contributed by atoms with E-state index in [1.807, 2.05) is 25.7 Å². The number of rotatable bonds is 2. The van der Waals surface area contributed by atoms with Gasteiger partial charge in [0.15, 0.2) is 5.76 Å². The van der Waals surface area contributed by atoms with Gasteiger partial charge in [-0.2, -0.15) is 0 Å². The zero-order chi connectivity index (χ0) is 14.9. The Morgan fingerprint density at radius 3 is 2.75 bits per heavy atom. The van der Waals surface area contributed by atoms with Crippen molar-refractivity contribution in [3.05, 3.63) is 17.0 Å². The summed E-state index contributed by atoms with van der Waals surface area (Å²) in [5, 5.41) is 14.0. The first-order chi connectivity index (χ1) is 9.32. The first-order valence-corrected chi connectivity index (χ1v) is 7.29. The lowest BCUT2D eigenvalue weighted by Crippen LogP contribution is -2.34. The molecule has 1 saturated heterocycles. The average Bonchev–Trinajstić information content (AvgIpc) is 2.64. The molecule has 5 heteroatoms. The standard InChI is InChI=1S/C15H24N2O3/c1-10(2)13-12(11(3)16-20-13)14(18)17-8-5-6-15(4,19)7-9-17/h10,19H,5-9H2,1-4H3. The minimum atomic E-state index is -0.667. The average molecular weight is 280 g/mol. The molecule has 0 radical (unpaired) electrons. The van der Waals surface area contributed by atoms with Crippen molar-refractivity contribution in [2.24, 2.45) is 0 Å². The van der Waals surface area contributed by atoms with Crippen LogP contribution in [0.3, 0.4) is 0 Å². The molecule has 1 aliphatic heterocycles. The van der Waals surface area contributed by atoms with Gasteiger partial charge < -0.3 is 14.5 Å². The number of likely N-dealkylation sites (tertiary alicyclic amines) is 1. The van der Waals surface area contributed by atoms with Crippen LogP contribution in [0.1, 0.15) is 67.8 Å². The number of carbonyl (C=O) groups is 1. The van der Waals surface area contributed by atoms with Crippen molar-refractivity contribution in [2.45, 2.75) is 58.5 Å². The van der Waals surface area contributed by atoms with E-state index >= 15 is 0 Å². The Labute approximate surface area is 119 Å². The molecule has 1 unspecified atom stereocenters. The van der Waals surface area contributed by atoms with E-state index in [2.05, 4.69) is 5.16 Å². The monoisotopic (exact) mass is 280 g/mol. The molecule has 20 heavy (non-hydrogen) atoms. The van der Waals surface area contributed by atoms with E-state index in [0.29, 0.717) is 36.5 Å². The number of aryl methyl sites for hydroxylation is 1. The maximum atomic E-state index is 12.7. The maximum absolute atomic E-state index is 12.7. The van der Waals surface area contributed by atoms with E-state index in [-0.39, 0.29) is 11.8 Å². The molecule has 0 aromatic carbocycles. The summed E-state index contributed by atoms with van der Waals surface area (Å²) >= 11 is 0. The van der Waals surface area contributed by atoms with Gasteiger partial charge in [-0.15, -0.1) is 0 Å². The summed E-state index contributed by atoms with van der Waals surface area (Å²) < 4.78 is 5.29. The Balaban J connectivity index is 2.21. The number of hydrogen-bond donors (Lipinski definition) is 1. The van der Waals surface area contributed by atoms with Gasteiger partial charge >= 0.3 is 0 Å². The zero-order valence-corrected chi connectivity index (χ0v) is 12.8. The van der Waals surface area contributed by atoms with Crippen molar-refractivity contribution in [3.8, 4) is 0 Å². The summed E-state index contributed by atoms with van der Waals surface area (Å²) in [5.74, 6) is 0.763. The fraction of sp³-hybridized carbons (Fsp3) is 0.733. The number of nitrogens with zero attached hydrogens (tertiary/aromatic N) is 2. The van der Waals surface area contributed by atoms with Gasteiger partial charge in [0, 0.05) is 19.0 Å². The lowest BCUT2D eigenvalue weighted by molar-refractivity contribution is 0.0437. The highest BCUT2D eigenvalue weighted by atomic mass is 16.5. The molecule has 1 aromatic heterocycles. The largest absolute Gasteiger partial charge is 0.390 e. The fourth-order valence-corrected chi connectivity index (χ4v) is 2.67. The highest BCUT2D eigenvalue weighted by molar-refractivity contribution is 5.96. The predicted octanol–water partition coefficient (Wildman–Crippen LogP) is 2.48. The van der Waals surface area contributed by atoms with Crippen LogP contribution < -0.4 is 0 Å². The molecule has 0 bridgehead atoms. The molecule has 5 nitrogen and oxygen atoms in total. The summed E-state index contributed by atoms with van der Waals surface area (Å²) in [6, 6.07) is 0. The van der Waals surface area contributed by atoms with Crippen LogP contribution in [-0.2, 0) is 0 Å². The molecular formula is C15H24N2O3. The van der Waals surface area contributed by atoms with Gasteiger partial charge in [0.1, 0.15) is 5.56 Å². The van der Waals surface area contributed by atoms with Crippen LogP contribution in [0.5, 0.6) is 0 Å². The lowest BCUT2D eigenvalue weighted by atomic mass is 9.98. The van der Waals surface area contributed by atoms with Gasteiger partial charge in [0.25, 0.3) is 5.91 Å². The molecule has 1 N–H and O–H groups in total. The van der Waals surface area contributed by atoms with Crippen LogP contribution in [-0.4, -0.2) is 39.8 Å². The van der Waals surface area contributed by atoms with Gasteiger partial charge in [-0.05, 0) is 33.1 Å². The Kier molecular flexibility index (Phi) is 4.18. The number of amides is 1. The maximum Gasteiger partial charge on any atom is 0.259 e. The zero-order valence-electron chi connectivity index (χ0n) is 12.8. The molecule has 1 fully saturated rings. The molecule has 0 spiro atoms. The summed E-state index contributed by atoms with van der Waals surface area (Å²) in [6.07, 6.45) is 2.16.